The first-order chi connectivity index (χ1) is 13.7. The molecule has 2 N–H and O–H groups in total. The summed E-state index contributed by atoms with van der Waals surface area (Å²) < 4.78 is 11.3. The number of fused-ring (bicyclic) bond motifs is 1. The predicted molar refractivity (Wildman–Crippen MR) is 106 cm³/mol. The van der Waals surface area contributed by atoms with E-state index in [1.54, 1.807) is 6.07 Å². The summed E-state index contributed by atoms with van der Waals surface area (Å²) >= 11 is 0. The Labute approximate surface area is 164 Å². The molecule has 4 rings (SSSR count). The fourth-order valence-electron chi connectivity index (χ4n) is 3.39. The van der Waals surface area contributed by atoms with Crippen LogP contribution < -0.4 is 25.0 Å². The highest BCUT2D eigenvalue weighted by molar-refractivity contribution is 5.81. The van der Waals surface area contributed by atoms with E-state index >= 15 is 0 Å². The Hall–Kier alpha value is -3.03. The van der Waals surface area contributed by atoms with Crippen molar-refractivity contribution in [3.05, 3.63) is 36.2 Å². The number of benzene rings is 1. The minimum absolute atomic E-state index is 0.187. The van der Waals surface area contributed by atoms with E-state index in [4.69, 9.17) is 9.47 Å². The van der Waals surface area contributed by atoms with Crippen molar-refractivity contribution in [2.24, 2.45) is 0 Å². The van der Waals surface area contributed by atoms with Gasteiger partial charge in [-0.05, 0) is 31.9 Å². The van der Waals surface area contributed by atoms with Gasteiger partial charge in [0.15, 0.2) is 11.5 Å². The summed E-state index contributed by atoms with van der Waals surface area (Å²) in [5.41, 5.74) is 0. The second-order valence-corrected chi connectivity index (χ2v) is 6.93. The molecule has 28 heavy (non-hydrogen) atoms. The van der Waals surface area contributed by atoms with Gasteiger partial charge >= 0.3 is 0 Å². The fraction of sp³-hybridized carbons (Fsp3) is 0.450. The molecule has 2 aromatic rings. The van der Waals surface area contributed by atoms with Crippen molar-refractivity contribution in [2.75, 3.05) is 43.0 Å². The van der Waals surface area contributed by atoms with E-state index in [2.05, 4.69) is 25.5 Å². The molecule has 2 aliphatic heterocycles. The summed E-state index contributed by atoms with van der Waals surface area (Å²) in [4.78, 5) is 23.6. The lowest BCUT2D eigenvalue weighted by atomic mass is 10.2. The van der Waals surface area contributed by atoms with Crippen molar-refractivity contribution >= 4 is 17.5 Å². The number of aryl methyl sites for hydroxylation is 1. The van der Waals surface area contributed by atoms with Crippen molar-refractivity contribution in [2.45, 2.75) is 25.9 Å². The van der Waals surface area contributed by atoms with Crippen molar-refractivity contribution in [3.8, 4) is 11.5 Å². The van der Waals surface area contributed by atoms with E-state index in [1.165, 1.54) is 12.8 Å². The van der Waals surface area contributed by atoms with Crippen LogP contribution in [0.4, 0.5) is 11.6 Å². The van der Waals surface area contributed by atoms with Gasteiger partial charge in [0, 0.05) is 32.2 Å². The minimum Gasteiger partial charge on any atom is -0.485 e. The number of aromatic nitrogens is 2. The van der Waals surface area contributed by atoms with Crippen LogP contribution in [0.1, 0.15) is 18.7 Å². The maximum Gasteiger partial charge on any atom is 0.264 e. The SMILES string of the molecule is Cc1nc(NCCNC(=O)C2COc3ccccc3O2)cc(N2CCCC2)n1. The van der Waals surface area contributed by atoms with Gasteiger partial charge in [-0.1, -0.05) is 12.1 Å². The topological polar surface area (TPSA) is 88.6 Å². The molecule has 1 unspecified atom stereocenters. The Morgan fingerprint density at radius 3 is 2.79 bits per heavy atom. The Bertz CT molecular complexity index is 838. The van der Waals surface area contributed by atoms with Crippen molar-refractivity contribution in [1.29, 1.82) is 0 Å². The number of carbonyl (C=O) groups is 1. The van der Waals surface area contributed by atoms with Gasteiger partial charge < -0.3 is 25.0 Å². The summed E-state index contributed by atoms with van der Waals surface area (Å²) in [6.45, 7) is 5.21. The van der Waals surface area contributed by atoms with Crippen molar-refractivity contribution in [3.63, 3.8) is 0 Å². The van der Waals surface area contributed by atoms with Crippen LogP contribution in [-0.4, -0.2) is 54.8 Å². The van der Waals surface area contributed by atoms with Crippen molar-refractivity contribution in [1.82, 2.24) is 15.3 Å². The summed E-state index contributed by atoms with van der Waals surface area (Å²) in [5.74, 6) is 3.55. The maximum absolute atomic E-state index is 12.3. The number of anilines is 2. The van der Waals surface area contributed by atoms with Gasteiger partial charge in [-0.2, -0.15) is 0 Å². The molecule has 0 saturated carbocycles. The number of ether oxygens (including phenoxy) is 2. The lowest BCUT2D eigenvalue weighted by molar-refractivity contribution is -0.130. The molecule has 148 valence electrons. The minimum atomic E-state index is -0.641. The highest BCUT2D eigenvalue weighted by atomic mass is 16.6. The zero-order valence-corrected chi connectivity index (χ0v) is 16.0. The normalized spacial score (nSPS) is 18.0. The molecule has 3 heterocycles. The lowest BCUT2D eigenvalue weighted by Crippen LogP contribution is -2.45. The van der Waals surface area contributed by atoms with Gasteiger partial charge in [-0.25, -0.2) is 9.97 Å². The second-order valence-electron chi connectivity index (χ2n) is 6.93. The smallest absolute Gasteiger partial charge is 0.264 e. The third-order valence-corrected chi connectivity index (χ3v) is 4.79. The molecule has 1 aromatic carbocycles. The highest BCUT2D eigenvalue weighted by Crippen LogP contribution is 2.30. The first kappa shape index (κ1) is 18.3. The Morgan fingerprint density at radius 2 is 1.96 bits per heavy atom. The number of carbonyl (C=O) groups excluding carboxylic acids is 1. The average Bonchev–Trinajstić information content (AvgIpc) is 3.25. The predicted octanol–water partition coefficient (Wildman–Crippen LogP) is 1.75. The summed E-state index contributed by atoms with van der Waals surface area (Å²) in [5, 5.41) is 6.14. The lowest BCUT2D eigenvalue weighted by Gasteiger charge is -2.25. The number of amides is 1. The molecular formula is C20H25N5O3. The molecule has 1 atom stereocenters. The van der Waals surface area contributed by atoms with Crippen molar-refractivity contribution < 1.29 is 14.3 Å². The van der Waals surface area contributed by atoms with Crippen LogP contribution in [0.25, 0.3) is 0 Å². The van der Waals surface area contributed by atoms with E-state index < -0.39 is 6.10 Å². The zero-order chi connectivity index (χ0) is 19.3. The van der Waals surface area contributed by atoms with Gasteiger partial charge in [0.2, 0.25) is 6.10 Å². The Kier molecular flexibility index (Phi) is 5.45. The van der Waals surface area contributed by atoms with Crippen LogP contribution in [0, 0.1) is 6.92 Å². The monoisotopic (exact) mass is 383 g/mol. The maximum atomic E-state index is 12.3. The summed E-state index contributed by atoms with van der Waals surface area (Å²) in [6.07, 6.45) is 1.77. The van der Waals surface area contributed by atoms with Crippen LogP contribution in [-0.2, 0) is 4.79 Å². The van der Waals surface area contributed by atoms with E-state index in [0.29, 0.717) is 24.6 Å². The van der Waals surface area contributed by atoms with Crippen LogP contribution in [0.15, 0.2) is 30.3 Å². The highest BCUT2D eigenvalue weighted by Gasteiger charge is 2.26. The Morgan fingerprint density at radius 1 is 1.18 bits per heavy atom. The fourth-order valence-corrected chi connectivity index (χ4v) is 3.39. The molecule has 0 spiro atoms. The molecule has 2 aliphatic rings. The molecule has 1 fully saturated rings. The molecule has 0 aliphatic carbocycles. The first-order valence-corrected chi connectivity index (χ1v) is 9.70. The van der Waals surface area contributed by atoms with Gasteiger partial charge in [0.1, 0.15) is 24.1 Å². The molecule has 1 amide bonds. The summed E-state index contributed by atoms with van der Waals surface area (Å²) in [7, 11) is 0. The molecule has 8 nitrogen and oxygen atoms in total. The summed E-state index contributed by atoms with van der Waals surface area (Å²) in [6, 6.07) is 9.32. The van der Waals surface area contributed by atoms with Gasteiger partial charge in [-0.15, -0.1) is 0 Å². The molecular weight excluding hydrogens is 358 g/mol. The third kappa shape index (κ3) is 4.27. The van der Waals surface area contributed by atoms with Crippen LogP contribution in [0.2, 0.25) is 0 Å². The number of hydrogen-bond donors (Lipinski definition) is 2. The standard InChI is InChI=1S/C20H25N5O3/c1-14-23-18(12-19(24-14)25-10-4-5-11-25)21-8-9-22-20(26)17-13-27-15-6-2-3-7-16(15)28-17/h2-3,6-7,12,17H,4-5,8-11,13H2,1H3,(H,22,26)(H,21,23,24). The molecule has 1 aromatic heterocycles. The quantitative estimate of drug-likeness (QED) is 0.735. The van der Waals surface area contributed by atoms with E-state index in [1.807, 2.05) is 31.2 Å². The number of hydrogen-bond acceptors (Lipinski definition) is 7. The van der Waals surface area contributed by atoms with E-state index in [9.17, 15) is 4.79 Å². The Balaban J connectivity index is 1.25. The molecule has 8 heteroatoms. The second kappa shape index (κ2) is 8.33. The van der Waals surface area contributed by atoms with Crippen LogP contribution >= 0.6 is 0 Å². The van der Waals surface area contributed by atoms with Gasteiger partial charge in [0.05, 0.1) is 0 Å². The zero-order valence-electron chi connectivity index (χ0n) is 16.0. The number of nitrogens with one attached hydrogen (secondary N) is 2. The van der Waals surface area contributed by atoms with Gasteiger partial charge in [0.25, 0.3) is 5.91 Å². The van der Waals surface area contributed by atoms with Crippen LogP contribution in [0.5, 0.6) is 11.5 Å². The number of para-hydroxylation sites is 2. The largest absolute Gasteiger partial charge is 0.485 e. The molecule has 0 radical (unpaired) electrons. The first-order valence-electron chi connectivity index (χ1n) is 9.70. The van der Waals surface area contributed by atoms with E-state index in [-0.39, 0.29) is 12.5 Å². The van der Waals surface area contributed by atoms with Gasteiger partial charge in [-0.3, -0.25) is 4.79 Å². The third-order valence-electron chi connectivity index (χ3n) is 4.79. The molecule has 0 bridgehead atoms. The average molecular weight is 383 g/mol. The number of nitrogens with zero attached hydrogens (tertiary/aromatic N) is 3. The van der Waals surface area contributed by atoms with Crippen LogP contribution in [0.3, 0.4) is 0 Å². The molecule has 1 saturated heterocycles. The number of rotatable bonds is 6. The van der Waals surface area contributed by atoms with E-state index in [0.717, 1.165) is 30.5 Å².